The molecule has 0 amide bonds. The fraction of sp³-hybridized carbons (Fsp3) is 0.750. The highest BCUT2D eigenvalue weighted by Crippen LogP contribution is 2.22. The van der Waals surface area contributed by atoms with Gasteiger partial charge in [0.2, 0.25) is 0 Å². The molecule has 0 fully saturated rings. The van der Waals surface area contributed by atoms with Crippen LogP contribution in [-0.4, -0.2) is 39.8 Å². The Kier molecular flexibility index (Phi) is 6.03. The first kappa shape index (κ1) is 15.1. The molecule has 0 saturated carbocycles. The summed E-state index contributed by atoms with van der Waals surface area (Å²) in [6.07, 6.45) is 3.35. The Hall–Kier alpha value is 0. The first-order chi connectivity index (χ1) is 8.01. The van der Waals surface area contributed by atoms with Crippen molar-refractivity contribution in [2.24, 2.45) is 7.05 Å². The van der Waals surface area contributed by atoms with Crippen molar-refractivity contribution in [2.45, 2.75) is 32.9 Å². The summed E-state index contributed by atoms with van der Waals surface area (Å²) in [5.74, 6) is 1.18. The fourth-order valence-electron chi connectivity index (χ4n) is 1.97. The second-order valence-corrected chi connectivity index (χ2v) is 6.11. The maximum Gasteiger partial charge on any atom is 0.0739 e. The van der Waals surface area contributed by atoms with Crippen LogP contribution < -0.4 is 0 Å². The SMILES string of the molecule is CCC(CSC)N(C)Cc1c(Br)c(C)nn1C. The Labute approximate surface area is 117 Å². The summed E-state index contributed by atoms with van der Waals surface area (Å²) in [6, 6.07) is 0.632. The van der Waals surface area contributed by atoms with Gasteiger partial charge in [-0.05, 0) is 42.6 Å². The van der Waals surface area contributed by atoms with Crippen LogP contribution >= 0.6 is 27.7 Å². The van der Waals surface area contributed by atoms with Gasteiger partial charge in [-0.15, -0.1) is 0 Å². The Morgan fingerprint density at radius 2 is 2.18 bits per heavy atom. The Bertz CT molecular complexity index is 365. The molecule has 0 aliphatic rings. The van der Waals surface area contributed by atoms with Crippen LogP contribution in [0.15, 0.2) is 4.47 Å². The molecule has 1 unspecified atom stereocenters. The number of nitrogens with zero attached hydrogens (tertiary/aromatic N) is 3. The minimum absolute atomic E-state index is 0.632. The minimum Gasteiger partial charge on any atom is -0.297 e. The lowest BCUT2D eigenvalue weighted by Crippen LogP contribution is -2.33. The Morgan fingerprint density at radius 1 is 1.53 bits per heavy atom. The molecule has 17 heavy (non-hydrogen) atoms. The van der Waals surface area contributed by atoms with Gasteiger partial charge in [-0.25, -0.2) is 0 Å². The van der Waals surface area contributed by atoms with Crippen molar-refractivity contribution in [2.75, 3.05) is 19.1 Å². The molecule has 0 bridgehead atoms. The summed E-state index contributed by atoms with van der Waals surface area (Å²) in [5, 5.41) is 4.43. The van der Waals surface area contributed by atoms with Crippen molar-refractivity contribution in [3.05, 3.63) is 15.9 Å². The summed E-state index contributed by atoms with van der Waals surface area (Å²) in [5.41, 5.74) is 2.32. The van der Waals surface area contributed by atoms with E-state index >= 15 is 0 Å². The van der Waals surface area contributed by atoms with E-state index in [4.69, 9.17) is 0 Å². The van der Waals surface area contributed by atoms with E-state index in [0.717, 1.165) is 16.7 Å². The highest BCUT2D eigenvalue weighted by Gasteiger charge is 2.17. The van der Waals surface area contributed by atoms with Crippen LogP contribution in [0.1, 0.15) is 24.7 Å². The third-order valence-electron chi connectivity index (χ3n) is 3.11. The topological polar surface area (TPSA) is 21.1 Å². The van der Waals surface area contributed by atoms with E-state index in [1.54, 1.807) is 0 Å². The molecule has 1 heterocycles. The molecule has 0 aromatic carbocycles. The van der Waals surface area contributed by atoms with Crippen molar-refractivity contribution in [1.29, 1.82) is 0 Å². The third kappa shape index (κ3) is 3.73. The highest BCUT2D eigenvalue weighted by molar-refractivity contribution is 9.10. The fourth-order valence-corrected chi connectivity index (χ4v) is 3.30. The monoisotopic (exact) mass is 319 g/mol. The summed E-state index contributed by atoms with van der Waals surface area (Å²) in [4.78, 5) is 2.41. The van der Waals surface area contributed by atoms with Crippen molar-refractivity contribution < 1.29 is 0 Å². The quantitative estimate of drug-likeness (QED) is 0.804. The molecule has 0 saturated heterocycles. The van der Waals surface area contributed by atoms with Gasteiger partial charge in [0, 0.05) is 25.4 Å². The number of hydrogen-bond donors (Lipinski definition) is 0. The van der Waals surface area contributed by atoms with Crippen molar-refractivity contribution in [1.82, 2.24) is 14.7 Å². The lowest BCUT2D eigenvalue weighted by Gasteiger charge is -2.26. The molecule has 1 aromatic heterocycles. The van der Waals surface area contributed by atoms with Gasteiger partial charge in [0.1, 0.15) is 0 Å². The van der Waals surface area contributed by atoms with Crippen LogP contribution in [-0.2, 0) is 13.6 Å². The van der Waals surface area contributed by atoms with Gasteiger partial charge in [-0.1, -0.05) is 6.92 Å². The second kappa shape index (κ2) is 6.81. The van der Waals surface area contributed by atoms with Gasteiger partial charge in [-0.2, -0.15) is 16.9 Å². The molecule has 0 spiro atoms. The van der Waals surface area contributed by atoms with E-state index in [2.05, 4.69) is 46.2 Å². The van der Waals surface area contributed by atoms with Gasteiger partial charge >= 0.3 is 0 Å². The normalized spacial score (nSPS) is 13.4. The number of rotatable bonds is 6. The number of hydrogen-bond acceptors (Lipinski definition) is 3. The number of thioether (sulfide) groups is 1. The molecule has 0 aliphatic carbocycles. The average Bonchev–Trinajstić information content (AvgIpc) is 2.52. The maximum absolute atomic E-state index is 4.43. The Morgan fingerprint density at radius 3 is 2.59 bits per heavy atom. The van der Waals surface area contributed by atoms with Gasteiger partial charge in [0.15, 0.2) is 0 Å². The maximum atomic E-state index is 4.43. The standard InChI is InChI=1S/C12H22BrN3S/c1-6-10(8-17-5)15(3)7-11-12(13)9(2)14-16(11)4/h10H,6-8H2,1-5H3. The highest BCUT2D eigenvalue weighted by atomic mass is 79.9. The summed E-state index contributed by atoms with van der Waals surface area (Å²) >= 11 is 5.54. The zero-order valence-electron chi connectivity index (χ0n) is 11.3. The van der Waals surface area contributed by atoms with Crippen LogP contribution in [0.4, 0.5) is 0 Å². The van der Waals surface area contributed by atoms with E-state index in [1.165, 1.54) is 17.9 Å². The van der Waals surface area contributed by atoms with Gasteiger partial charge in [0.05, 0.1) is 15.9 Å². The van der Waals surface area contributed by atoms with Crippen LogP contribution in [0.25, 0.3) is 0 Å². The first-order valence-electron chi connectivity index (χ1n) is 5.88. The van der Waals surface area contributed by atoms with E-state index in [-0.39, 0.29) is 0 Å². The predicted octanol–water partition coefficient (Wildman–Crippen LogP) is 3.06. The molecular weight excluding hydrogens is 298 g/mol. The second-order valence-electron chi connectivity index (χ2n) is 4.40. The summed E-state index contributed by atoms with van der Waals surface area (Å²) in [7, 11) is 4.20. The summed E-state index contributed by atoms with van der Waals surface area (Å²) < 4.78 is 3.12. The van der Waals surface area contributed by atoms with E-state index < -0.39 is 0 Å². The molecule has 1 rings (SSSR count). The largest absolute Gasteiger partial charge is 0.297 e. The van der Waals surface area contributed by atoms with Gasteiger partial charge in [0.25, 0.3) is 0 Å². The molecule has 0 N–H and O–H groups in total. The van der Waals surface area contributed by atoms with Crippen LogP contribution in [0.2, 0.25) is 0 Å². The summed E-state index contributed by atoms with van der Waals surface area (Å²) in [6.45, 7) is 5.23. The van der Waals surface area contributed by atoms with Crippen molar-refractivity contribution in [3.63, 3.8) is 0 Å². The first-order valence-corrected chi connectivity index (χ1v) is 8.07. The molecule has 1 atom stereocenters. The van der Waals surface area contributed by atoms with Crippen LogP contribution in [0.3, 0.4) is 0 Å². The molecule has 0 radical (unpaired) electrons. The number of aromatic nitrogens is 2. The molecule has 98 valence electrons. The lowest BCUT2D eigenvalue weighted by atomic mass is 10.2. The van der Waals surface area contributed by atoms with Crippen molar-refractivity contribution in [3.8, 4) is 0 Å². The Balaban J connectivity index is 2.76. The smallest absolute Gasteiger partial charge is 0.0739 e. The zero-order chi connectivity index (χ0) is 13.0. The zero-order valence-corrected chi connectivity index (χ0v) is 13.7. The lowest BCUT2D eigenvalue weighted by molar-refractivity contribution is 0.241. The van der Waals surface area contributed by atoms with Crippen LogP contribution in [0, 0.1) is 6.92 Å². The van der Waals surface area contributed by atoms with E-state index in [1.807, 2.05) is 30.4 Å². The van der Waals surface area contributed by atoms with Crippen LogP contribution in [0.5, 0.6) is 0 Å². The van der Waals surface area contributed by atoms with Gasteiger partial charge < -0.3 is 0 Å². The number of halogens is 1. The molecule has 5 heteroatoms. The minimum atomic E-state index is 0.632. The number of aryl methyl sites for hydroxylation is 2. The molecule has 1 aromatic rings. The van der Waals surface area contributed by atoms with Crippen molar-refractivity contribution >= 4 is 27.7 Å². The van der Waals surface area contributed by atoms with E-state index in [9.17, 15) is 0 Å². The molecule has 0 aliphatic heterocycles. The van der Waals surface area contributed by atoms with E-state index in [0.29, 0.717) is 6.04 Å². The molecule has 3 nitrogen and oxygen atoms in total. The predicted molar refractivity (Wildman–Crippen MR) is 79.6 cm³/mol. The third-order valence-corrected chi connectivity index (χ3v) is 4.86. The van der Waals surface area contributed by atoms with Gasteiger partial charge in [-0.3, -0.25) is 9.58 Å². The molecular formula is C12H22BrN3S. The average molecular weight is 320 g/mol.